The molecule has 0 heterocycles. The first-order valence-corrected chi connectivity index (χ1v) is 6.99. The highest BCUT2D eigenvalue weighted by molar-refractivity contribution is 9.10. The lowest BCUT2D eigenvalue weighted by atomic mass is 10.2. The van der Waals surface area contributed by atoms with Crippen molar-refractivity contribution < 1.29 is 9.59 Å². The van der Waals surface area contributed by atoms with Crippen LogP contribution in [-0.2, 0) is 9.59 Å². The van der Waals surface area contributed by atoms with Gasteiger partial charge in [0, 0.05) is 10.2 Å². The Hall–Kier alpha value is -2.34. The van der Waals surface area contributed by atoms with Gasteiger partial charge in [-0.25, -0.2) is 0 Å². The maximum Gasteiger partial charge on any atom is 0.314 e. The van der Waals surface area contributed by atoms with E-state index in [-0.39, 0.29) is 0 Å². The van der Waals surface area contributed by atoms with Gasteiger partial charge in [-0.3, -0.25) is 9.59 Å². The number of nitrogens with one attached hydrogen (secondary N) is 2. The van der Waals surface area contributed by atoms with E-state index in [0.29, 0.717) is 17.1 Å². The molecule has 0 aliphatic carbocycles. The summed E-state index contributed by atoms with van der Waals surface area (Å²) in [4.78, 5) is 23.7. The Morgan fingerprint density at radius 1 is 1.00 bits per heavy atom. The van der Waals surface area contributed by atoms with Gasteiger partial charge in [-0.2, -0.15) is 0 Å². The van der Waals surface area contributed by atoms with Crippen molar-refractivity contribution in [2.45, 2.75) is 6.92 Å². The molecule has 0 spiro atoms. The summed E-state index contributed by atoms with van der Waals surface area (Å²) >= 11 is 3.29. The van der Waals surface area contributed by atoms with Crippen LogP contribution in [0.3, 0.4) is 0 Å². The zero-order chi connectivity index (χ0) is 15.4. The Morgan fingerprint density at radius 3 is 2.29 bits per heavy atom. The summed E-state index contributed by atoms with van der Waals surface area (Å²) in [5.41, 5.74) is 8.06. The van der Waals surface area contributed by atoms with E-state index in [1.54, 1.807) is 36.4 Å². The molecule has 2 rings (SSSR count). The number of hydrogen-bond acceptors (Lipinski definition) is 3. The van der Waals surface area contributed by atoms with Crippen molar-refractivity contribution >= 4 is 44.8 Å². The van der Waals surface area contributed by atoms with Crippen molar-refractivity contribution in [1.29, 1.82) is 0 Å². The van der Waals surface area contributed by atoms with Crippen LogP contribution < -0.4 is 16.4 Å². The van der Waals surface area contributed by atoms with Gasteiger partial charge in [0.2, 0.25) is 0 Å². The van der Waals surface area contributed by atoms with Gasteiger partial charge in [-0.1, -0.05) is 22.0 Å². The number of nitrogens with two attached hydrogens (primary N) is 1. The molecular weight excluding hydrogens is 334 g/mol. The maximum absolute atomic E-state index is 11.9. The van der Waals surface area contributed by atoms with Crippen molar-refractivity contribution in [3.63, 3.8) is 0 Å². The van der Waals surface area contributed by atoms with Crippen LogP contribution in [0.1, 0.15) is 5.56 Å². The average Bonchev–Trinajstić information content (AvgIpc) is 2.45. The summed E-state index contributed by atoms with van der Waals surface area (Å²) in [6.07, 6.45) is 0. The minimum absolute atomic E-state index is 0.408. The van der Waals surface area contributed by atoms with Gasteiger partial charge >= 0.3 is 11.8 Å². The first kappa shape index (κ1) is 15.1. The largest absolute Gasteiger partial charge is 0.397 e. The van der Waals surface area contributed by atoms with Crippen LogP contribution in [0, 0.1) is 6.92 Å². The van der Waals surface area contributed by atoms with Crippen molar-refractivity contribution in [2.24, 2.45) is 0 Å². The SMILES string of the molecule is Cc1ccc(N)c(NC(=O)C(=O)Nc2ccc(Br)cc2)c1. The number of halogens is 1. The minimum atomic E-state index is -0.768. The standard InChI is InChI=1S/C15H14BrN3O2/c1-9-2-7-12(17)13(8-9)19-15(21)14(20)18-11-5-3-10(16)4-6-11/h2-8H,17H2,1H3,(H,18,20)(H,19,21). The van der Waals surface area contributed by atoms with E-state index >= 15 is 0 Å². The van der Waals surface area contributed by atoms with Crippen LogP contribution in [0.5, 0.6) is 0 Å². The first-order chi connectivity index (χ1) is 9.95. The maximum atomic E-state index is 11.9. The predicted molar refractivity (Wildman–Crippen MR) is 87.0 cm³/mol. The number of rotatable bonds is 2. The third-order valence-corrected chi connectivity index (χ3v) is 3.29. The summed E-state index contributed by atoms with van der Waals surface area (Å²) in [7, 11) is 0. The number of benzene rings is 2. The van der Waals surface area contributed by atoms with Crippen molar-refractivity contribution in [3.8, 4) is 0 Å². The van der Waals surface area contributed by atoms with E-state index in [1.807, 2.05) is 13.0 Å². The molecule has 0 bridgehead atoms. The molecule has 2 aromatic rings. The van der Waals surface area contributed by atoms with Crippen molar-refractivity contribution in [1.82, 2.24) is 0 Å². The lowest BCUT2D eigenvalue weighted by Crippen LogP contribution is -2.29. The number of anilines is 3. The topological polar surface area (TPSA) is 84.2 Å². The van der Waals surface area contributed by atoms with Crippen LogP contribution in [0.2, 0.25) is 0 Å². The normalized spacial score (nSPS) is 10.0. The van der Waals surface area contributed by atoms with Crippen LogP contribution in [-0.4, -0.2) is 11.8 Å². The van der Waals surface area contributed by atoms with Gasteiger partial charge in [0.15, 0.2) is 0 Å². The molecule has 0 saturated carbocycles. The summed E-state index contributed by atoms with van der Waals surface area (Å²) in [6, 6.07) is 12.1. The summed E-state index contributed by atoms with van der Waals surface area (Å²) < 4.78 is 0.887. The monoisotopic (exact) mass is 347 g/mol. The molecule has 0 fully saturated rings. The molecule has 2 amide bonds. The van der Waals surface area contributed by atoms with E-state index in [1.165, 1.54) is 0 Å². The first-order valence-electron chi connectivity index (χ1n) is 6.20. The second-order valence-electron chi connectivity index (χ2n) is 4.51. The highest BCUT2D eigenvalue weighted by atomic mass is 79.9. The summed E-state index contributed by atoms with van der Waals surface area (Å²) in [6.45, 7) is 1.87. The molecule has 6 heteroatoms. The Labute approximate surface area is 130 Å². The van der Waals surface area contributed by atoms with Gasteiger partial charge in [-0.15, -0.1) is 0 Å². The fourth-order valence-electron chi connectivity index (χ4n) is 1.68. The third kappa shape index (κ3) is 4.06. The van der Waals surface area contributed by atoms with E-state index in [9.17, 15) is 9.59 Å². The van der Waals surface area contributed by atoms with Crippen molar-refractivity contribution in [2.75, 3.05) is 16.4 Å². The molecule has 0 unspecified atom stereocenters. The van der Waals surface area contributed by atoms with Crippen LogP contribution in [0.15, 0.2) is 46.9 Å². The number of carbonyl (C=O) groups excluding carboxylic acids is 2. The lowest BCUT2D eigenvalue weighted by molar-refractivity contribution is -0.132. The summed E-state index contributed by atoms with van der Waals surface area (Å²) in [5, 5.41) is 5.01. The van der Waals surface area contributed by atoms with E-state index in [4.69, 9.17) is 5.73 Å². The highest BCUT2D eigenvalue weighted by Gasteiger charge is 2.15. The van der Waals surface area contributed by atoms with Gasteiger partial charge in [-0.05, 0) is 48.9 Å². The van der Waals surface area contributed by atoms with Crippen LogP contribution in [0.4, 0.5) is 17.1 Å². The minimum Gasteiger partial charge on any atom is -0.397 e. The molecule has 0 atom stereocenters. The fourth-order valence-corrected chi connectivity index (χ4v) is 1.94. The van der Waals surface area contributed by atoms with E-state index in [0.717, 1.165) is 10.0 Å². The zero-order valence-electron chi connectivity index (χ0n) is 11.3. The molecule has 108 valence electrons. The molecular formula is C15H14BrN3O2. The Bertz CT molecular complexity index is 684. The third-order valence-electron chi connectivity index (χ3n) is 2.77. The number of hydrogen-bond donors (Lipinski definition) is 3. The van der Waals surface area contributed by atoms with E-state index in [2.05, 4.69) is 26.6 Å². The van der Waals surface area contributed by atoms with Gasteiger partial charge < -0.3 is 16.4 Å². The molecule has 4 N–H and O–H groups in total. The zero-order valence-corrected chi connectivity index (χ0v) is 12.9. The van der Waals surface area contributed by atoms with Gasteiger partial charge in [0.25, 0.3) is 0 Å². The lowest BCUT2D eigenvalue weighted by Gasteiger charge is -2.09. The molecule has 2 aromatic carbocycles. The Morgan fingerprint density at radius 2 is 1.62 bits per heavy atom. The number of carbonyl (C=O) groups is 2. The van der Waals surface area contributed by atoms with Crippen LogP contribution in [0.25, 0.3) is 0 Å². The predicted octanol–water partition coefficient (Wildman–Crippen LogP) is 2.92. The molecule has 0 aromatic heterocycles. The van der Waals surface area contributed by atoms with Crippen molar-refractivity contribution in [3.05, 3.63) is 52.5 Å². The molecule has 21 heavy (non-hydrogen) atoms. The van der Waals surface area contributed by atoms with Gasteiger partial charge in [0.05, 0.1) is 11.4 Å². The quantitative estimate of drug-likeness (QED) is 0.576. The molecule has 0 aliphatic rings. The molecule has 0 saturated heterocycles. The highest BCUT2D eigenvalue weighted by Crippen LogP contribution is 2.19. The van der Waals surface area contributed by atoms with Crippen LogP contribution >= 0.6 is 15.9 Å². The second-order valence-corrected chi connectivity index (χ2v) is 5.42. The smallest absolute Gasteiger partial charge is 0.314 e. The average molecular weight is 348 g/mol. The van der Waals surface area contributed by atoms with Gasteiger partial charge in [0.1, 0.15) is 0 Å². The molecule has 0 aliphatic heterocycles. The number of aryl methyl sites for hydroxylation is 1. The number of nitrogen functional groups attached to an aromatic ring is 1. The Kier molecular flexibility index (Phi) is 4.59. The second kappa shape index (κ2) is 6.41. The Balaban J connectivity index is 2.04. The summed E-state index contributed by atoms with van der Waals surface area (Å²) in [5.74, 6) is -1.52. The molecule has 5 nitrogen and oxygen atoms in total. The molecule has 0 radical (unpaired) electrons. The fraction of sp³-hybridized carbons (Fsp3) is 0.0667. The van der Waals surface area contributed by atoms with E-state index < -0.39 is 11.8 Å². The number of amides is 2.